The largest absolute Gasteiger partial charge is 0.487 e. The van der Waals surface area contributed by atoms with Crippen molar-refractivity contribution in [3.8, 4) is 5.75 Å². The highest BCUT2D eigenvalue weighted by atomic mass is 32.2. The van der Waals surface area contributed by atoms with Crippen molar-refractivity contribution < 1.29 is 17.9 Å². The Morgan fingerprint density at radius 2 is 1.81 bits per heavy atom. The van der Waals surface area contributed by atoms with Crippen molar-refractivity contribution in [2.75, 3.05) is 11.0 Å². The maximum absolute atomic E-state index is 12.7. The summed E-state index contributed by atoms with van der Waals surface area (Å²) in [5, 5.41) is 3.08. The van der Waals surface area contributed by atoms with Crippen LogP contribution in [-0.4, -0.2) is 26.2 Å². The number of fused-ring (bicyclic) bond motifs is 1. The number of rotatable bonds is 4. The quantitative estimate of drug-likeness (QED) is 0.841. The molecular weight excluding hydrogens is 364 g/mol. The van der Waals surface area contributed by atoms with Gasteiger partial charge in [-0.05, 0) is 51.1 Å². The van der Waals surface area contributed by atoms with Crippen LogP contribution in [0.5, 0.6) is 5.75 Å². The number of benzene rings is 2. The molecule has 0 aromatic heterocycles. The Hall–Kier alpha value is -2.54. The van der Waals surface area contributed by atoms with Crippen molar-refractivity contribution in [1.29, 1.82) is 0 Å². The third-order valence-electron chi connectivity index (χ3n) is 4.38. The van der Waals surface area contributed by atoms with Crippen molar-refractivity contribution in [3.05, 3.63) is 59.2 Å². The first kappa shape index (κ1) is 19.2. The van der Waals surface area contributed by atoms with Gasteiger partial charge in [-0.25, -0.2) is 8.42 Å². The Morgan fingerprint density at radius 1 is 1.15 bits per heavy atom. The minimum Gasteiger partial charge on any atom is -0.487 e. The molecular formula is C20H24N2O4S. The van der Waals surface area contributed by atoms with Gasteiger partial charge >= 0.3 is 0 Å². The molecule has 0 fully saturated rings. The molecule has 27 heavy (non-hydrogen) atoms. The van der Waals surface area contributed by atoms with Gasteiger partial charge in [-0.15, -0.1) is 0 Å². The molecule has 1 aliphatic heterocycles. The van der Waals surface area contributed by atoms with E-state index in [1.165, 1.54) is 0 Å². The number of ether oxygens (including phenoxy) is 1. The van der Waals surface area contributed by atoms with Crippen LogP contribution in [0.2, 0.25) is 0 Å². The second-order valence-electron chi connectivity index (χ2n) is 7.58. The molecule has 144 valence electrons. The number of nitrogens with one attached hydrogen (secondary N) is 2. The van der Waals surface area contributed by atoms with Gasteiger partial charge in [0.15, 0.2) is 0 Å². The molecule has 6 nitrogen and oxygen atoms in total. The van der Waals surface area contributed by atoms with Gasteiger partial charge in [0, 0.05) is 23.2 Å². The summed E-state index contributed by atoms with van der Waals surface area (Å²) in [5.41, 5.74) is 2.57. The average molecular weight is 388 g/mol. The number of hydrogen-bond donors (Lipinski definition) is 2. The van der Waals surface area contributed by atoms with E-state index in [2.05, 4.69) is 10.0 Å². The molecule has 2 aromatic rings. The van der Waals surface area contributed by atoms with E-state index in [0.29, 0.717) is 17.7 Å². The van der Waals surface area contributed by atoms with Gasteiger partial charge in [0.05, 0.1) is 12.3 Å². The van der Waals surface area contributed by atoms with Crippen molar-refractivity contribution in [1.82, 2.24) is 5.32 Å². The van der Waals surface area contributed by atoms with E-state index < -0.39 is 10.0 Å². The highest BCUT2D eigenvalue weighted by Gasteiger charge is 2.34. The molecule has 3 rings (SSSR count). The number of amides is 1. The minimum absolute atomic E-state index is 0.162. The highest BCUT2D eigenvalue weighted by Crippen LogP contribution is 2.40. The lowest BCUT2D eigenvalue weighted by Crippen LogP contribution is -2.41. The topological polar surface area (TPSA) is 84.5 Å². The van der Waals surface area contributed by atoms with Gasteiger partial charge in [0.2, 0.25) is 10.0 Å². The Morgan fingerprint density at radius 3 is 2.44 bits per heavy atom. The molecule has 0 radical (unpaired) electrons. The van der Waals surface area contributed by atoms with E-state index >= 15 is 0 Å². The summed E-state index contributed by atoms with van der Waals surface area (Å²) in [6.45, 7) is 6.01. The maximum atomic E-state index is 12.7. The maximum Gasteiger partial charge on any atom is 0.251 e. The van der Waals surface area contributed by atoms with Crippen LogP contribution in [0.4, 0.5) is 5.69 Å². The molecule has 1 amide bonds. The lowest BCUT2D eigenvalue weighted by atomic mass is 9.88. The monoisotopic (exact) mass is 388 g/mol. The van der Waals surface area contributed by atoms with Gasteiger partial charge in [0.1, 0.15) is 11.4 Å². The van der Waals surface area contributed by atoms with Crippen LogP contribution in [0, 0.1) is 6.92 Å². The summed E-state index contributed by atoms with van der Waals surface area (Å²) >= 11 is 0. The smallest absolute Gasteiger partial charge is 0.251 e. The Labute approximate surface area is 160 Å². The number of aryl methyl sites for hydroxylation is 1. The van der Waals surface area contributed by atoms with Gasteiger partial charge in [0.25, 0.3) is 5.91 Å². The predicted molar refractivity (Wildman–Crippen MR) is 106 cm³/mol. The fraction of sp³-hybridized carbons (Fsp3) is 0.350. The molecule has 1 aliphatic rings. The van der Waals surface area contributed by atoms with Crippen LogP contribution in [0.25, 0.3) is 0 Å². The lowest BCUT2D eigenvalue weighted by Gasteiger charge is -2.38. The first-order chi connectivity index (χ1) is 12.5. The van der Waals surface area contributed by atoms with Crippen molar-refractivity contribution in [2.45, 2.75) is 38.8 Å². The van der Waals surface area contributed by atoms with E-state index in [0.717, 1.165) is 23.1 Å². The summed E-state index contributed by atoms with van der Waals surface area (Å²) < 4.78 is 31.0. The standard InChI is InChI=1S/C20H24N2O4S/c1-13-5-10-18-16(11-13)17(12-20(2,3)26-18)21-19(23)14-6-8-15(9-7-14)22-27(4,24)25/h5-11,17,22H,12H2,1-4H3,(H,21,23)/t17-/m0/s1. The minimum atomic E-state index is -3.35. The zero-order valence-corrected chi connectivity index (χ0v) is 16.7. The predicted octanol–water partition coefficient (Wildman–Crippen LogP) is 3.40. The number of anilines is 1. The Balaban J connectivity index is 1.80. The molecule has 0 bridgehead atoms. The number of carbonyl (C=O) groups is 1. The summed E-state index contributed by atoms with van der Waals surface area (Å²) in [4.78, 5) is 12.7. The molecule has 0 saturated heterocycles. The Kier molecular flexibility index (Phi) is 4.90. The Bertz CT molecular complexity index is 966. The second kappa shape index (κ2) is 6.88. The number of sulfonamides is 1. The van der Waals surface area contributed by atoms with Crippen LogP contribution in [0.3, 0.4) is 0 Å². The molecule has 0 aliphatic carbocycles. The van der Waals surface area contributed by atoms with Crippen molar-refractivity contribution in [2.24, 2.45) is 0 Å². The zero-order valence-electron chi connectivity index (χ0n) is 15.9. The lowest BCUT2D eigenvalue weighted by molar-refractivity contribution is 0.0619. The van der Waals surface area contributed by atoms with Gasteiger partial charge in [-0.2, -0.15) is 0 Å². The second-order valence-corrected chi connectivity index (χ2v) is 9.33. The van der Waals surface area contributed by atoms with E-state index in [1.54, 1.807) is 24.3 Å². The third-order valence-corrected chi connectivity index (χ3v) is 4.98. The van der Waals surface area contributed by atoms with Gasteiger partial charge in [-0.1, -0.05) is 17.7 Å². The molecule has 0 saturated carbocycles. The average Bonchev–Trinajstić information content (AvgIpc) is 2.54. The van der Waals surface area contributed by atoms with E-state index in [4.69, 9.17) is 4.74 Å². The van der Waals surface area contributed by atoms with Crippen LogP contribution in [0.1, 0.15) is 47.8 Å². The normalized spacial score (nSPS) is 18.1. The summed E-state index contributed by atoms with van der Waals surface area (Å²) in [7, 11) is -3.35. The van der Waals surface area contributed by atoms with Crippen LogP contribution in [0.15, 0.2) is 42.5 Å². The molecule has 0 spiro atoms. The molecule has 2 N–H and O–H groups in total. The van der Waals surface area contributed by atoms with Crippen LogP contribution in [-0.2, 0) is 10.0 Å². The van der Waals surface area contributed by atoms with E-state index in [-0.39, 0.29) is 17.6 Å². The van der Waals surface area contributed by atoms with Gasteiger partial charge in [-0.3, -0.25) is 9.52 Å². The summed E-state index contributed by atoms with van der Waals surface area (Å²) in [5.74, 6) is 0.575. The first-order valence-electron chi connectivity index (χ1n) is 8.71. The fourth-order valence-electron chi connectivity index (χ4n) is 3.25. The molecule has 0 unspecified atom stereocenters. The third kappa shape index (κ3) is 4.80. The fourth-order valence-corrected chi connectivity index (χ4v) is 3.81. The van der Waals surface area contributed by atoms with E-state index in [1.807, 2.05) is 39.0 Å². The van der Waals surface area contributed by atoms with Crippen molar-refractivity contribution >= 4 is 21.6 Å². The summed E-state index contributed by atoms with van der Waals surface area (Å²) in [6, 6.07) is 12.2. The van der Waals surface area contributed by atoms with Crippen LogP contribution >= 0.6 is 0 Å². The molecule has 2 aromatic carbocycles. The zero-order chi connectivity index (χ0) is 19.8. The summed E-state index contributed by atoms with van der Waals surface area (Å²) in [6.07, 6.45) is 1.74. The van der Waals surface area contributed by atoms with Gasteiger partial charge < -0.3 is 10.1 Å². The van der Waals surface area contributed by atoms with Crippen molar-refractivity contribution in [3.63, 3.8) is 0 Å². The number of carbonyl (C=O) groups excluding carboxylic acids is 1. The van der Waals surface area contributed by atoms with Crippen LogP contribution < -0.4 is 14.8 Å². The first-order valence-corrected chi connectivity index (χ1v) is 10.6. The number of hydrogen-bond acceptors (Lipinski definition) is 4. The SMILES string of the molecule is Cc1ccc2c(c1)[C@@H](NC(=O)c1ccc(NS(C)(=O)=O)cc1)CC(C)(C)O2. The molecule has 7 heteroatoms. The molecule has 1 atom stereocenters. The molecule has 1 heterocycles. The van der Waals surface area contributed by atoms with E-state index in [9.17, 15) is 13.2 Å². The highest BCUT2D eigenvalue weighted by molar-refractivity contribution is 7.92.